The van der Waals surface area contributed by atoms with Gasteiger partial charge in [0, 0.05) is 25.7 Å². The first-order chi connectivity index (χ1) is 17.6. The second kappa shape index (κ2) is 15.1. The van der Waals surface area contributed by atoms with E-state index in [2.05, 4.69) is 10.6 Å². The SMILES string of the molecule is O=C(CCCCCCCC(=O)N[C@@H](Cc1ccc(O)cc1)C(=O)O)N[C@@H](Cc1ccc(O)cc1)C(=O)O. The Balaban J connectivity index is 1.60. The van der Waals surface area contributed by atoms with E-state index in [1.807, 2.05) is 0 Å². The summed E-state index contributed by atoms with van der Waals surface area (Å²) in [4.78, 5) is 47.3. The molecule has 0 fully saturated rings. The van der Waals surface area contributed by atoms with Crippen LogP contribution in [0, 0.1) is 0 Å². The van der Waals surface area contributed by atoms with E-state index in [0.717, 1.165) is 19.3 Å². The van der Waals surface area contributed by atoms with E-state index in [9.17, 15) is 39.6 Å². The van der Waals surface area contributed by atoms with Crippen LogP contribution in [0.2, 0.25) is 0 Å². The Morgan fingerprint density at radius 1 is 0.568 bits per heavy atom. The van der Waals surface area contributed by atoms with E-state index in [-0.39, 0.29) is 49.0 Å². The molecule has 2 amide bonds. The molecule has 2 aromatic rings. The van der Waals surface area contributed by atoms with Crippen molar-refractivity contribution in [1.82, 2.24) is 10.6 Å². The van der Waals surface area contributed by atoms with Crippen molar-refractivity contribution in [2.24, 2.45) is 0 Å². The molecule has 0 saturated carbocycles. The second-order valence-electron chi connectivity index (χ2n) is 8.93. The standard InChI is InChI=1S/C27H34N2O8/c30-20-12-8-18(9-13-20)16-22(26(34)35)28-24(32)6-4-2-1-3-5-7-25(33)29-23(27(36)37)17-19-10-14-21(31)15-11-19/h8-15,22-23,30-31H,1-7,16-17H2,(H,28,32)(H,29,33)(H,34,35)(H,36,37)/t22-,23-/m0/s1. The van der Waals surface area contributed by atoms with Gasteiger partial charge in [-0.15, -0.1) is 0 Å². The van der Waals surface area contributed by atoms with Crippen LogP contribution in [-0.2, 0) is 32.0 Å². The average Bonchev–Trinajstić information content (AvgIpc) is 2.85. The zero-order chi connectivity index (χ0) is 27.2. The monoisotopic (exact) mass is 514 g/mol. The van der Waals surface area contributed by atoms with E-state index in [1.165, 1.54) is 24.3 Å². The molecule has 200 valence electrons. The molecule has 2 rings (SSSR count). The molecule has 0 unspecified atom stereocenters. The third-order valence-electron chi connectivity index (χ3n) is 5.83. The lowest BCUT2D eigenvalue weighted by Crippen LogP contribution is -2.42. The number of hydrogen-bond donors (Lipinski definition) is 6. The van der Waals surface area contributed by atoms with Crippen LogP contribution < -0.4 is 10.6 Å². The number of carbonyl (C=O) groups is 4. The molecule has 0 bridgehead atoms. The Labute approximate surface area is 215 Å². The Bertz CT molecular complexity index is 954. The lowest BCUT2D eigenvalue weighted by atomic mass is 10.0. The first kappa shape index (κ1) is 29.2. The lowest BCUT2D eigenvalue weighted by molar-refractivity contribution is -0.142. The minimum atomic E-state index is -1.13. The van der Waals surface area contributed by atoms with Crippen molar-refractivity contribution in [1.29, 1.82) is 0 Å². The predicted molar refractivity (Wildman–Crippen MR) is 135 cm³/mol. The highest BCUT2D eigenvalue weighted by Gasteiger charge is 2.21. The Kier molecular flexibility index (Phi) is 11.9. The van der Waals surface area contributed by atoms with Crippen LogP contribution in [0.15, 0.2) is 48.5 Å². The number of phenolic OH excluding ortho intramolecular Hbond substituents is 2. The molecule has 10 heteroatoms. The van der Waals surface area contributed by atoms with Crippen molar-refractivity contribution in [2.45, 2.75) is 69.9 Å². The molecule has 2 aromatic carbocycles. The second-order valence-corrected chi connectivity index (χ2v) is 8.93. The van der Waals surface area contributed by atoms with Gasteiger partial charge >= 0.3 is 11.9 Å². The fourth-order valence-corrected chi connectivity index (χ4v) is 3.77. The van der Waals surface area contributed by atoms with Gasteiger partial charge in [0.1, 0.15) is 23.6 Å². The number of hydrogen-bond acceptors (Lipinski definition) is 6. The molecule has 10 nitrogen and oxygen atoms in total. The van der Waals surface area contributed by atoms with Crippen LogP contribution in [0.1, 0.15) is 56.1 Å². The summed E-state index contributed by atoms with van der Waals surface area (Å²) in [6.07, 6.45) is 4.03. The molecule has 6 N–H and O–H groups in total. The van der Waals surface area contributed by atoms with Crippen molar-refractivity contribution < 1.29 is 39.6 Å². The van der Waals surface area contributed by atoms with Gasteiger partial charge in [-0.25, -0.2) is 9.59 Å². The van der Waals surface area contributed by atoms with Crippen molar-refractivity contribution in [2.75, 3.05) is 0 Å². The number of amides is 2. The van der Waals surface area contributed by atoms with Gasteiger partial charge in [0.05, 0.1) is 0 Å². The summed E-state index contributed by atoms with van der Waals surface area (Å²) in [6, 6.07) is 10.2. The fraction of sp³-hybridized carbons (Fsp3) is 0.407. The molecule has 0 spiro atoms. The summed E-state index contributed by atoms with van der Waals surface area (Å²) in [5, 5.41) is 42.5. The molecule has 0 heterocycles. The average molecular weight is 515 g/mol. The van der Waals surface area contributed by atoms with Crippen LogP contribution in [-0.4, -0.2) is 56.3 Å². The van der Waals surface area contributed by atoms with Gasteiger partial charge in [-0.05, 0) is 48.2 Å². The van der Waals surface area contributed by atoms with Crippen molar-refractivity contribution in [3.8, 4) is 11.5 Å². The number of carboxylic acid groups (broad SMARTS) is 2. The lowest BCUT2D eigenvalue weighted by Gasteiger charge is -2.15. The number of aliphatic carboxylic acids is 2. The summed E-state index contributed by atoms with van der Waals surface area (Å²) in [7, 11) is 0. The van der Waals surface area contributed by atoms with Gasteiger partial charge in [0.2, 0.25) is 11.8 Å². The summed E-state index contributed by atoms with van der Waals surface area (Å²) in [6.45, 7) is 0. The van der Waals surface area contributed by atoms with Crippen LogP contribution in [0.4, 0.5) is 0 Å². The fourth-order valence-electron chi connectivity index (χ4n) is 3.77. The van der Waals surface area contributed by atoms with Gasteiger partial charge in [-0.2, -0.15) is 0 Å². The van der Waals surface area contributed by atoms with E-state index in [1.54, 1.807) is 24.3 Å². The van der Waals surface area contributed by atoms with Gasteiger partial charge in [0.15, 0.2) is 0 Å². The molecule has 0 aliphatic rings. The minimum Gasteiger partial charge on any atom is -0.508 e. The van der Waals surface area contributed by atoms with E-state index in [4.69, 9.17) is 0 Å². The topological polar surface area (TPSA) is 173 Å². The number of carboxylic acids is 2. The molecule has 0 saturated heterocycles. The van der Waals surface area contributed by atoms with Gasteiger partial charge in [-0.3, -0.25) is 9.59 Å². The number of benzene rings is 2. The van der Waals surface area contributed by atoms with Gasteiger partial charge in [-0.1, -0.05) is 43.5 Å². The molecule has 0 aliphatic heterocycles. The predicted octanol–water partition coefficient (Wildman–Crippen LogP) is 2.75. The minimum absolute atomic E-state index is 0.0790. The number of nitrogens with one attached hydrogen (secondary N) is 2. The van der Waals surface area contributed by atoms with E-state index < -0.39 is 24.0 Å². The maximum atomic E-state index is 12.2. The number of aromatic hydroxyl groups is 2. The zero-order valence-corrected chi connectivity index (χ0v) is 20.6. The molecule has 0 aromatic heterocycles. The molecule has 0 radical (unpaired) electrons. The Hall–Kier alpha value is -4.08. The van der Waals surface area contributed by atoms with Crippen LogP contribution in [0.3, 0.4) is 0 Å². The maximum absolute atomic E-state index is 12.2. The summed E-state index contributed by atoms with van der Waals surface area (Å²) in [5.41, 5.74) is 1.37. The highest BCUT2D eigenvalue weighted by Crippen LogP contribution is 2.13. The Morgan fingerprint density at radius 2 is 0.892 bits per heavy atom. The van der Waals surface area contributed by atoms with Gasteiger partial charge in [0.25, 0.3) is 0 Å². The summed E-state index contributed by atoms with van der Waals surface area (Å²) < 4.78 is 0. The molecule has 2 atom stereocenters. The smallest absolute Gasteiger partial charge is 0.326 e. The van der Waals surface area contributed by atoms with E-state index >= 15 is 0 Å². The largest absolute Gasteiger partial charge is 0.508 e. The van der Waals surface area contributed by atoms with Crippen LogP contribution >= 0.6 is 0 Å². The first-order valence-corrected chi connectivity index (χ1v) is 12.2. The van der Waals surface area contributed by atoms with Crippen molar-refractivity contribution >= 4 is 23.8 Å². The number of unbranched alkanes of at least 4 members (excludes halogenated alkanes) is 4. The third-order valence-corrected chi connectivity index (χ3v) is 5.83. The maximum Gasteiger partial charge on any atom is 0.326 e. The number of rotatable bonds is 16. The zero-order valence-electron chi connectivity index (χ0n) is 20.6. The van der Waals surface area contributed by atoms with Crippen LogP contribution in [0.25, 0.3) is 0 Å². The van der Waals surface area contributed by atoms with Gasteiger partial charge < -0.3 is 31.1 Å². The normalized spacial score (nSPS) is 12.3. The Morgan fingerprint density at radius 3 is 1.22 bits per heavy atom. The molecule has 37 heavy (non-hydrogen) atoms. The summed E-state index contributed by atoms with van der Waals surface area (Å²) >= 11 is 0. The third kappa shape index (κ3) is 11.5. The molecule has 0 aliphatic carbocycles. The number of carbonyl (C=O) groups excluding carboxylic acids is 2. The van der Waals surface area contributed by atoms with Crippen molar-refractivity contribution in [3.63, 3.8) is 0 Å². The van der Waals surface area contributed by atoms with Crippen molar-refractivity contribution in [3.05, 3.63) is 59.7 Å². The first-order valence-electron chi connectivity index (χ1n) is 12.2. The quantitative estimate of drug-likeness (QED) is 0.185. The highest BCUT2D eigenvalue weighted by atomic mass is 16.4. The number of phenols is 2. The molecular weight excluding hydrogens is 480 g/mol. The highest BCUT2D eigenvalue weighted by molar-refractivity contribution is 5.84. The van der Waals surface area contributed by atoms with E-state index in [0.29, 0.717) is 24.0 Å². The molecular formula is C27H34N2O8. The summed E-state index contributed by atoms with van der Waals surface area (Å²) in [5.74, 6) is -2.80. The van der Waals surface area contributed by atoms with Crippen LogP contribution in [0.5, 0.6) is 11.5 Å².